The zero-order valence-electron chi connectivity index (χ0n) is 12.3. The average Bonchev–Trinajstić information content (AvgIpc) is 2.42. The molecule has 124 valence electrons. The van der Waals surface area contributed by atoms with Gasteiger partial charge in [0.2, 0.25) is 0 Å². The topological polar surface area (TPSA) is 102 Å². The third-order valence-corrected chi connectivity index (χ3v) is 3.29. The number of amides is 2. The Morgan fingerprint density at radius 2 is 1.68 bits per heavy atom. The van der Waals surface area contributed by atoms with E-state index in [9.17, 15) is 18.0 Å². The maximum absolute atomic E-state index is 12.5. The number of carbonyl (C=O) groups is 1. The van der Waals surface area contributed by atoms with Crippen LogP contribution in [-0.2, 0) is 6.18 Å². The number of nitrogens with zero attached hydrogens (tertiary/aromatic N) is 2. The Hall–Kier alpha value is -2.00. The van der Waals surface area contributed by atoms with Crippen molar-refractivity contribution in [2.75, 3.05) is 11.6 Å². The molecule has 2 amide bonds. The summed E-state index contributed by atoms with van der Waals surface area (Å²) in [5.41, 5.74) is 4.69. The van der Waals surface area contributed by atoms with Crippen molar-refractivity contribution < 1.29 is 18.0 Å². The Bertz CT molecular complexity index is 503. The second-order valence-corrected chi connectivity index (χ2v) is 5.25. The lowest BCUT2D eigenvalue weighted by molar-refractivity contribution is -0.137. The fourth-order valence-corrected chi connectivity index (χ4v) is 1.93. The molecule has 0 unspecified atom stereocenters. The largest absolute Gasteiger partial charge is 0.416 e. The number of rotatable bonds is 5. The summed E-state index contributed by atoms with van der Waals surface area (Å²) in [6.45, 7) is 3.75. The van der Waals surface area contributed by atoms with Crippen LogP contribution < -0.4 is 22.4 Å². The van der Waals surface area contributed by atoms with Gasteiger partial charge in [0.1, 0.15) is 0 Å². The van der Waals surface area contributed by atoms with Crippen LogP contribution in [0.1, 0.15) is 19.4 Å². The molecule has 6 N–H and O–H groups in total. The van der Waals surface area contributed by atoms with Gasteiger partial charge in [0.25, 0.3) is 0 Å². The van der Waals surface area contributed by atoms with Crippen LogP contribution in [0.25, 0.3) is 0 Å². The smallest absolute Gasteiger partial charge is 0.350 e. The number of alkyl halides is 3. The first-order valence-electron chi connectivity index (χ1n) is 6.57. The van der Waals surface area contributed by atoms with E-state index >= 15 is 0 Å². The Kier molecular flexibility index (Phi) is 5.61. The molecule has 22 heavy (non-hydrogen) atoms. The first kappa shape index (κ1) is 18.1. The highest BCUT2D eigenvalue weighted by Crippen LogP contribution is 2.30. The molecule has 0 aliphatic carbocycles. The van der Waals surface area contributed by atoms with E-state index < -0.39 is 23.8 Å². The zero-order valence-corrected chi connectivity index (χ0v) is 12.3. The normalized spacial score (nSPS) is 13.1. The third kappa shape index (κ3) is 4.50. The van der Waals surface area contributed by atoms with E-state index in [2.05, 4.69) is 0 Å². The van der Waals surface area contributed by atoms with Crippen LogP contribution in [0.3, 0.4) is 0 Å². The molecule has 0 aromatic heterocycles. The van der Waals surface area contributed by atoms with Gasteiger partial charge in [0.15, 0.2) is 0 Å². The van der Waals surface area contributed by atoms with Crippen LogP contribution in [0.5, 0.6) is 0 Å². The fourth-order valence-electron chi connectivity index (χ4n) is 1.93. The minimum absolute atomic E-state index is 0.0160. The molecule has 0 radical (unpaired) electrons. The zero-order chi connectivity index (χ0) is 17.1. The van der Waals surface area contributed by atoms with Gasteiger partial charge in [0.05, 0.1) is 23.8 Å². The first-order chi connectivity index (χ1) is 10.0. The molecular weight excluding hydrogens is 299 g/mol. The van der Waals surface area contributed by atoms with Crippen molar-refractivity contribution in [3.63, 3.8) is 0 Å². The Morgan fingerprint density at radius 1 is 1.18 bits per heavy atom. The van der Waals surface area contributed by atoms with E-state index in [1.165, 1.54) is 17.1 Å². The van der Waals surface area contributed by atoms with Gasteiger partial charge in [-0.15, -0.1) is 0 Å². The van der Waals surface area contributed by atoms with Crippen molar-refractivity contribution in [2.45, 2.75) is 26.1 Å². The average molecular weight is 319 g/mol. The molecule has 1 rings (SSSR count). The van der Waals surface area contributed by atoms with Crippen molar-refractivity contribution in [1.82, 2.24) is 5.01 Å². The van der Waals surface area contributed by atoms with Crippen LogP contribution in [0.15, 0.2) is 24.3 Å². The Labute approximate surface area is 126 Å². The molecule has 9 heteroatoms. The van der Waals surface area contributed by atoms with Crippen LogP contribution in [0.4, 0.5) is 23.7 Å². The van der Waals surface area contributed by atoms with Crippen molar-refractivity contribution in [2.24, 2.45) is 23.3 Å². The van der Waals surface area contributed by atoms with E-state index in [1.807, 2.05) is 13.8 Å². The van der Waals surface area contributed by atoms with E-state index in [0.29, 0.717) is 5.69 Å². The molecule has 0 saturated heterocycles. The quantitative estimate of drug-likeness (QED) is 0.436. The lowest BCUT2D eigenvalue weighted by Crippen LogP contribution is -2.55. The maximum atomic E-state index is 12.5. The predicted molar refractivity (Wildman–Crippen MR) is 77.2 cm³/mol. The summed E-state index contributed by atoms with van der Waals surface area (Å²) in [6, 6.07) is 3.20. The molecule has 0 aliphatic heterocycles. The second-order valence-electron chi connectivity index (χ2n) is 5.25. The first-order valence-corrected chi connectivity index (χ1v) is 6.57. The highest BCUT2D eigenvalue weighted by molar-refractivity contribution is 5.71. The molecule has 1 aromatic carbocycles. The van der Waals surface area contributed by atoms with Crippen LogP contribution in [-0.4, -0.2) is 23.6 Å². The highest BCUT2D eigenvalue weighted by atomic mass is 19.4. The van der Waals surface area contributed by atoms with E-state index in [1.54, 1.807) is 0 Å². The number of benzene rings is 1. The lowest BCUT2D eigenvalue weighted by Gasteiger charge is -2.34. The monoisotopic (exact) mass is 319 g/mol. The summed E-state index contributed by atoms with van der Waals surface area (Å²) in [7, 11) is 0. The molecule has 1 atom stereocenters. The number of carbonyl (C=O) groups excluding carboxylic acids is 1. The van der Waals surface area contributed by atoms with Crippen LogP contribution in [0.2, 0.25) is 0 Å². The van der Waals surface area contributed by atoms with Crippen molar-refractivity contribution in [3.8, 4) is 0 Å². The number of anilines is 1. The van der Waals surface area contributed by atoms with Gasteiger partial charge in [-0.3, -0.25) is 5.01 Å². The number of urea groups is 1. The molecule has 0 spiro atoms. The number of primary amides is 1. The number of halogens is 3. The van der Waals surface area contributed by atoms with Crippen molar-refractivity contribution in [3.05, 3.63) is 29.8 Å². The van der Waals surface area contributed by atoms with Gasteiger partial charge in [-0.1, -0.05) is 13.8 Å². The molecule has 6 nitrogen and oxygen atoms in total. The van der Waals surface area contributed by atoms with Gasteiger partial charge >= 0.3 is 12.2 Å². The van der Waals surface area contributed by atoms with E-state index in [-0.39, 0.29) is 12.5 Å². The SMILES string of the molecule is CC(C)[C@H](CN(N)C(N)=O)N(N)c1ccc(C(F)(F)F)cc1. The summed E-state index contributed by atoms with van der Waals surface area (Å²) >= 11 is 0. The number of hydrogen-bond donors (Lipinski definition) is 3. The molecule has 0 aliphatic rings. The molecule has 1 aromatic rings. The van der Waals surface area contributed by atoms with Gasteiger partial charge < -0.3 is 10.7 Å². The van der Waals surface area contributed by atoms with E-state index in [4.69, 9.17) is 17.4 Å². The molecule has 0 heterocycles. The van der Waals surface area contributed by atoms with Crippen molar-refractivity contribution in [1.29, 1.82) is 0 Å². The van der Waals surface area contributed by atoms with Gasteiger partial charge in [0, 0.05) is 0 Å². The van der Waals surface area contributed by atoms with Crippen LogP contribution in [0, 0.1) is 5.92 Å². The minimum Gasteiger partial charge on any atom is -0.350 e. The van der Waals surface area contributed by atoms with Gasteiger partial charge in [-0.2, -0.15) is 13.2 Å². The number of hydrogen-bond acceptors (Lipinski definition) is 4. The fraction of sp³-hybridized carbons (Fsp3) is 0.462. The highest BCUT2D eigenvalue weighted by Gasteiger charge is 2.30. The lowest BCUT2D eigenvalue weighted by atomic mass is 10.0. The standard InChI is InChI=1S/C13H20F3N5O/c1-8(2)11(7-20(18)12(17)22)21(19)10-5-3-9(4-6-10)13(14,15)16/h3-6,8,11H,7,18-19H2,1-2H3,(H2,17,22)/t11-/m0/s1. The predicted octanol–water partition coefficient (Wildman–Crippen LogP) is 1.66. The summed E-state index contributed by atoms with van der Waals surface area (Å²) in [6.07, 6.45) is -4.41. The van der Waals surface area contributed by atoms with Crippen LogP contribution >= 0.6 is 0 Å². The maximum Gasteiger partial charge on any atom is 0.416 e. The van der Waals surface area contributed by atoms with Crippen molar-refractivity contribution >= 4 is 11.7 Å². The summed E-state index contributed by atoms with van der Waals surface area (Å²) in [4.78, 5) is 11.0. The Morgan fingerprint density at radius 3 is 2.05 bits per heavy atom. The number of hydrazine groups is 2. The molecule has 0 bridgehead atoms. The molecule has 0 saturated carbocycles. The van der Waals surface area contributed by atoms with Gasteiger partial charge in [-0.05, 0) is 30.2 Å². The third-order valence-electron chi connectivity index (χ3n) is 3.29. The molecular formula is C13H20F3N5O. The summed E-state index contributed by atoms with van der Waals surface area (Å²) < 4.78 is 37.6. The minimum atomic E-state index is -4.41. The summed E-state index contributed by atoms with van der Waals surface area (Å²) in [5.74, 6) is 11.4. The van der Waals surface area contributed by atoms with Gasteiger partial charge in [-0.25, -0.2) is 16.5 Å². The Balaban J connectivity index is 2.94. The second kappa shape index (κ2) is 6.84. The molecule has 0 fully saturated rings. The summed E-state index contributed by atoms with van der Waals surface area (Å²) in [5, 5.41) is 2.10. The van der Waals surface area contributed by atoms with E-state index in [0.717, 1.165) is 17.1 Å². The number of nitrogens with two attached hydrogens (primary N) is 3.